The van der Waals surface area contributed by atoms with Gasteiger partial charge in [-0.2, -0.15) is 13.2 Å². The summed E-state index contributed by atoms with van der Waals surface area (Å²) in [5.41, 5.74) is 0.311. The molecular formula is C13H10ClF3N2O. The number of phenols is 1. The first-order valence-electron chi connectivity index (χ1n) is 5.61. The molecule has 106 valence electrons. The molecule has 0 spiro atoms. The van der Waals surface area contributed by atoms with Gasteiger partial charge in [0.05, 0.1) is 16.9 Å². The maximum atomic E-state index is 12.3. The summed E-state index contributed by atoms with van der Waals surface area (Å²) in [4.78, 5) is 3.34. The van der Waals surface area contributed by atoms with Gasteiger partial charge in [0.1, 0.15) is 11.4 Å². The van der Waals surface area contributed by atoms with Gasteiger partial charge in [0, 0.05) is 6.54 Å². The molecule has 0 aliphatic heterocycles. The molecule has 20 heavy (non-hydrogen) atoms. The number of halogens is 4. The first kappa shape index (κ1) is 14.5. The summed E-state index contributed by atoms with van der Waals surface area (Å²) in [6, 6.07) is 6.89. The molecule has 1 heterocycles. The second kappa shape index (κ2) is 5.58. The Balaban J connectivity index is 2.02. The van der Waals surface area contributed by atoms with Crippen LogP contribution in [-0.2, 0) is 12.7 Å². The number of phenolic OH excluding ortho intramolecular Hbond substituents is 1. The molecule has 0 bridgehead atoms. The molecule has 2 N–H and O–H groups in total. The molecule has 7 heteroatoms. The van der Waals surface area contributed by atoms with Crippen molar-refractivity contribution in [1.82, 2.24) is 4.98 Å². The molecule has 0 amide bonds. The van der Waals surface area contributed by atoms with Crippen LogP contribution in [0.25, 0.3) is 0 Å². The van der Waals surface area contributed by atoms with Crippen molar-refractivity contribution in [2.45, 2.75) is 12.7 Å². The first-order valence-corrected chi connectivity index (χ1v) is 5.98. The molecule has 0 saturated heterocycles. The van der Waals surface area contributed by atoms with Crippen LogP contribution in [0.1, 0.15) is 11.3 Å². The normalized spacial score (nSPS) is 11.4. The predicted octanol–water partition coefficient (Wildman–Crippen LogP) is 4.07. The Hall–Kier alpha value is -1.95. The number of aromatic hydroxyl groups is 1. The van der Waals surface area contributed by atoms with E-state index in [1.165, 1.54) is 12.1 Å². The Morgan fingerprint density at radius 3 is 2.50 bits per heavy atom. The lowest BCUT2D eigenvalue weighted by molar-refractivity contribution is -0.141. The molecule has 0 radical (unpaired) electrons. The van der Waals surface area contributed by atoms with Crippen molar-refractivity contribution in [3.05, 3.63) is 52.8 Å². The van der Waals surface area contributed by atoms with Crippen molar-refractivity contribution in [3.63, 3.8) is 0 Å². The van der Waals surface area contributed by atoms with Gasteiger partial charge in [-0.05, 0) is 29.8 Å². The number of pyridine rings is 1. The summed E-state index contributed by atoms with van der Waals surface area (Å²) in [5, 5.41) is 12.4. The Bertz CT molecular complexity index is 600. The number of nitrogens with zero attached hydrogens (tertiary/aromatic N) is 1. The number of nitrogens with one attached hydrogen (secondary N) is 1. The van der Waals surface area contributed by atoms with Gasteiger partial charge in [-0.25, -0.2) is 4.98 Å². The number of hydrogen-bond donors (Lipinski definition) is 2. The van der Waals surface area contributed by atoms with E-state index in [9.17, 15) is 18.3 Å². The smallest absolute Gasteiger partial charge is 0.433 e. The maximum absolute atomic E-state index is 12.3. The van der Waals surface area contributed by atoms with Gasteiger partial charge in [0.25, 0.3) is 0 Å². The highest BCUT2D eigenvalue weighted by Gasteiger charge is 2.31. The highest BCUT2D eigenvalue weighted by molar-refractivity contribution is 6.32. The Morgan fingerprint density at radius 2 is 1.95 bits per heavy atom. The average molecular weight is 303 g/mol. The van der Waals surface area contributed by atoms with E-state index in [-0.39, 0.29) is 10.8 Å². The van der Waals surface area contributed by atoms with Crippen LogP contribution in [0.2, 0.25) is 5.02 Å². The van der Waals surface area contributed by atoms with Gasteiger partial charge in [-0.3, -0.25) is 0 Å². The molecule has 3 nitrogen and oxygen atoms in total. The zero-order valence-electron chi connectivity index (χ0n) is 10.1. The van der Waals surface area contributed by atoms with Gasteiger partial charge in [0.15, 0.2) is 0 Å². The van der Waals surface area contributed by atoms with Gasteiger partial charge < -0.3 is 10.4 Å². The van der Waals surface area contributed by atoms with Crippen molar-refractivity contribution in [2.24, 2.45) is 0 Å². The van der Waals surface area contributed by atoms with Crippen LogP contribution in [0, 0.1) is 0 Å². The lowest BCUT2D eigenvalue weighted by atomic mass is 10.2. The molecule has 0 aliphatic carbocycles. The molecule has 0 fully saturated rings. The molecular weight excluding hydrogens is 293 g/mol. The zero-order valence-corrected chi connectivity index (χ0v) is 10.8. The van der Waals surface area contributed by atoms with Gasteiger partial charge in [-0.15, -0.1) is 0 Å². The standard InChI is InChI=1S/C13H10ClF3N2O/c14-10-5-8(1-3-11(10)20)6-18-9-2-4-12(19-7-9)13(15,16)17/h1-5,7,18,20H,6H2. The zero-order chi connectivity index (χ0) is 14.8. The average Bonchev–Trinajstić information content (AvgIpc) is 2.40. The van der Waals surface area contributed by atoms with E-state index < -0.39 is 11.9 Å². The van der Waals surface area contributed by atoms with Gasteiger partial charge >= 0.3 is 6.18 Å². The first-order chi connectivity index (χ1) is 9.36. The Morgan fingerprint density at radius 1 is 1.20 bits per heavy atom. The number of benzene rings is 1. The van der Waals surface area contributed by atoms with E-state index in [1.54, 1.807) is 12.1 Å². The number of anilines is 1. The number of rotatable bonds is 3. The number of alkyl halides is 3. The number of aromatic nitrogens is 1. The van der Waals surface area contributed by atoms with Crippen LogP contribution < -0.4 is 5.32 Å². The summed E-state index contributed by atoms with van der Waals surface area (Å²) in [5.74, 6) is -0.0217. The third-order valence-corrected chi connectivity index (χ3v) is 2.87. The minimum absolute atomic E-state index is 0.0217. The molecule has 1 aromatic heterocycles. The van der Waals surface area contributed by atoms with Crippen LogP contribution >= 0.6 is 11.6 Å². The quantitative estimate of drug-likeness (QED) is 0.898. The Labute approximate surface area is 118 Å². The second-order valence-corrected chi connectivity index (χ2v) is 4.48. The molecule has 2 aromatic rings. The summed E-state index contributed by atoms with van der Waals surface area (Å²) < 4.78 is 37.0. The van der Waals surface area contributed by atoms with E-state index in [0.717, 1.165) is 17.8 Å². The number of hydrogen-bond acceptors (Lipinski definition) is 3. The van der Waals surface area contributed by atoms with Crippen molar-refractivity contribution in [1.29, 1.82) is 0 Å². The minimum atomic E-state index is -4.44. The van der Waals surface area contributed by atoms with E-state index in [4.69, 9.17) is 11.6 Å². The maximum Gasteiger partial charge on any atom is 0.433 e. The lowest BCUT2D eigenvalue weighted by Crippen LogP contribution is -2.08. The largest absolute Gasteiger partial charge is 0.506 e. The van der Waals surface area contributed by atoms with E-state index >= 15 is 0 Å². The van der Waals surface area contributed by atoms with Crippen LogP contribution in [0.4, 0.5) is 18.9 Å². The lowest BCUT2D eigenvalue weighted by Gasteiger charge is -2.09. The van der Waals surface area contributed by atoms with Crippen LogP contribution in [0.15, 0.2) is 36.5 Å². The fraction of sp³-hybridized carbons (Fsp3) is 0.154. The van der Waals surface area contributed by atoms with Crippen molar-refractivity contribution >= 4 is 17.3 Å². The highest BCUT2D eigenvalue weighted by atomic mass is 35.5. The predicted molar refractivity (Wildman–Crippen MR) is 69.7 cm³/mol. The monoisotopic (exact) mass is 302 g/mol. The van der Waals surface area contributed by atoms with E-state index in [2.05, 4.69) is 10.3 Å². The minimum Gasteiger partial charge on any atom is -0.506 e. The summed E-state index contributed by atoms with van der Waals surface area (Å²) >= 11 is 5.75. The molecule has 0 atom stereocenters. The molecule has 0 aliphatic rings. The second-order valence-electron chi connectivity index (χ2n) is 4.07. The van der Waals surface area contributed by atoms with Crippen LogP contribution in [-0.4, -0.2) is 10.1 Å². The van der Waals surface area contributed by atoms with Gasteiger partial charge in [-0.1, -0.05) is 17.7 Å². The van der Waals surface area contributed by atoms with Crippen molar-refractivity contribution in [2.75, 3.05) is 5.32 Å². The topological polar surface area (TPSA) is 45.1 Å². The fourth-order valence-corrected chi connectivity index (χ4v) is 1.73. The molecule has 2 rings (SSSR count). The molecule has 1 aromatic carbocycles. The van der Waals surface area contributed by atoms with Crippen molar-refractivity contribution in [3.8, 4) is 5.75 Å². The fourth-order valence-electron chi connectivity index (χ4n) is 1.53. The third-order valence-electron chi connectivity index (χ3n) is 2.56. The van der Waals surface area contributed by atoms with E-state index in [0.29, 0.717) is 12.2 Å². The summed E-state index contributed by atoms with van der Waals surface area (Å²) in [6.45, 7) is 0.354. The SMILES string of the molecule is Oc1ccc(CNc2ccc(C(F)(F)F)nc2)cc1Cl. The summed E-state index contributed by atoms with van der Waals surface area (Å²) in [7, 11) is 0. The third kappa shape index (κ3) is 3.54. The summed E-state index contributed by atoms with van der Waals surface area (Å²) in [6.07, 6.45) is -3.33. The van der Waals surface area contributed by atoms with Gasteiger partial charge in [0.2, 0.25) is 0 Å². The van der Waals surface area contributed by atoms with E-state index in [1.807, 2.05) is 0 Å². The van der Waals surface area contributed by atoms with Crippen LogP contribution in [0.5, 0.6) is 5.75 Å². The highest BCUT2D eigenvalue weighted by Crippen LogP contribution is 2.28. The van der Waals surface area contributed by atoms with Crippen molar-refractivity contribution < 1.29 is 18.3 Å². The molecule has 0 saturated carbocycles. The van der Waals surface area contributed by atoms with Crippen LogP contribution in [0.3, 0.4) is 0 Å². The Kier molecular flexibility index (Phi) is 4.04. The molecule has 0 unspecified atom stereocenters.